The van der Waals surface area contributed by atoms with E-state index in [0.717, 1.165) is 32.8 Å². The predicted octanol–water partition coefficient (Wildman–Crippen LogP) is -0.619. The second-order valence-corrected chi connectivity index (χ2v) is 3.24. The molecule has 0 unspecified atom stereocenters. The van der Waals surface area contributed by atoms with Crippen LogP contribution in [0.2, 0.25) is 0 Å². The summed E-state index contributed by atoms with van der Waals surface area (Å²) < 4.78 is 5.16. The van der Waals surface area contributed by atoms with Crippen molar-refractivity contribution in [1.29, 1.82) is 0 Å². The van der Waals surface area contributed by atoms with Gasteiger partial charge in [0.1, 0.15) is 0 Å². The number of morpholine rings is 1. The summed E-state index contributed by atoms with van der Waals surface area (Å²) in [6, 6.07) is 2.38. The number of hydrogen-bond acceptors (Lipinski definition) is 4. The van der Waals surface area contributed by atoms with Gasteiger partial charge in [-0.1, -0.05) is 12.8 Å². The molecule has 0 atom stereocenters. The van der Waals surface area contributed by atoms with E-state index in [2.05, 4.69) is 22.2 Å². The van der Waals surface area contributed by atoms with Crippen LogP contribution in [0.3, 0.4) is 0 Å². The Hall–Kier alpha value is -1.25. The smallest absolute Gasteiger partial charge is 0.219 e. The number of hydrogen-bond donors (Lipinski definition) is 2. The van der Waals surface area contributed by atoms with Crippen molar-refractivity contribution in [3.63, 3.8) is 0 Å². The second kappa shape index (κ2) is 10.3. The van der Waals surface area contributed by atoms with Gasteiger partial charge in [0.2, 0.25) is 5.91 Å². The molecule has 3 N–H and O–H groups in total. The zero-order valence-corrected chi connectivity index (χ0v) is 10.1. The van der Waals surface area contributed by atoms with Crippen LogP contribution in [0.5, 0.6) is 0 Å². The number of carbonyl (C=O) groups is 1. The molecule has 0 aliphatic carbocycles. The third kappa shape index (κ3) is 8.09. The van der Waals surface area contributed by atoms with Crippen molar-refractivity contribution in [3.05, 3.63) is 0 Å². The molecule has 0 saturated carbocycles. The van der Waals surface area contributed by atoms with Crippen LogP contribution in [0.1, 0.15) is 13.3 Å². The van der Waals surface area contributed by atoms with Gasteiger partial charge in [0, 0.05) is 32.6 Å². The molecule has 0 aromatic carbocycles. The van der Waals surface area contributed by atoms with E-state index in [4.69, 9.17) is 10.5 Å². The molecule has 1 saturated heterocycles. The number of amides is 1. The lowest BCUT2D eigenvalue weighted by Crippen LogP contribution is -2.36. The minimum Gasteiger partial charge on any atom is -0.379 e. The first-order valence-electron chi connectivity index (χ1n) is 5.43. The molecular weight excluding hydrogens is 206 g/mol. The number of nitrogens with one attached hydrogen (secondary N) is 1. The molecule has 0 aromatic heterocycles. The first kappa shape index (κ1) is 14.8. The maximum atomic E-state index is 10.1. The average Bonchev–Trinajstić information content (AvgIpc) is 2.37. The van der Waals surface area contributed by atoms with Gasteiger partial charge in [0.05, 0.1) is 19.8 Å². The van der Waals surface area contributed by atoms with Crippen molar-refractivity contribution in [2.45, 2.75) is 13.3 Å². The maximum Gasteiger partial charge on any atom is 0.219 e. The molecule has 1 aliphatic heterocycles. The van der Waals surface area contributed by atoms with Gasteiger partial charge in [-0.15, -0.1) is 0 Å². The van der Waals surface area contributed by atoms with E-state index in [0.29, 0.717) is 6.42 Å². The van der Waals surface area contributed by atoms with Crippen molar-refractivity contribution in [2.24, 2.45) is 5.73 Å². The molecule has 1 fully saturated rings. The van der Waals surface area contributed by atoms with Crippen molar-refractivity contribution >= 4 is 5.91 Å². The molecular formula is C11H21N3O2. The van der Waals surface area contributed by atoms with Gasteiger partial charge in [-0.25, -0.2) is 0 Å². The van der Waals surface area contributed by atoms with Crippen LogP contribution in [-0.2, 0) is 9.53 Å². The highest BCUT2D eigenvalue weighted by molar-refractivity contribution is 5.74. The predicted molar refractivity (Wildman–Crippen MR) is 63.6 cm³/mol. The summed E-state index contributed by atoms with van der Waals surface area (Å²) >= 11 is 0. The highest BCUT2D eigenvalue weighted by atomic mass is 16.5. The molecule has 5 heteroatoms. The summed E-state index contributed by atoms with van der Waals surface area (Å²) in [4.78, 5) is 12.3. The SMILES string of the molecule is CCC(=O)NC.NC#CCN1CCOCC1. The molecule has 5 nitrogen and oxygen atoms in total. The molecule has 1 heterocycles. The van der Waals surface area contributed by atoms with Crippen LogP contribution in [0.15, 0.2) is 0 Å². The number of carbonyl (C=O) groups excluding carboxylic acids is 1. The Morgan fingerprint density at radius 1 is 1.50 bits per heavy atom. The third-order valence-corrected chi connectivity index (χ3v) is 2.11. The minimum atomic E-state index is 0.0926. The molecule has 1 rings (SSSR count). The van der Waals surface area contributed by atoms with Gasteiger partial charge in [-0.05, 0) is 0 Å². The highest BCUT2D eigenvalue weighted by Gasteiger charge is 2.07. The number of rotatable bonds is 2. The van der Waals surface area contributed by atoms with Crippen LogP contribution < -0.4 is 11.1 Å². The Kier molecular flexibility index (Phi) is 9.47. The first-order chi connectivity index (χ1) is 7.74. The van der Waals surface area contributed by atoms with Crippen molar-refractivity contribution in [3.8, 4) is 12.0 Å². The number of nitrogens with zero attached hydrogens (tertiary/aromatic N) is 1. The Morgan fingerprint density at radius 3 is 2.50 bits per heavy atom. The molecule has 0 radical (unpaired) electrons. The molecule has 1 amide bonds. The maximum absolute atomic E-state index is 10.1. The summed E-state index contributed by atoms with van der Waals surface area (Å²) in [7, 11) is 1.63. The van der Waals surface area contributed by atoms with Crippen molar-refractivity contribution < 1.29 is 9.53 Å². The van der Waals surface area contributed by atoms with Gasteiger partial charge in [-0.2, -0.15) is 0 Å². The Morgan fingerprint density at radius 2 is 2.12 bits per heavy atom. The fraction of sp³-hybridized carbons (Fsp3) is 0.727. The van der Waals surface area contributed by atoms with E-state index < -0.39 is 0 Å². The topological polar surface area (TPSA) is 67.6 Å². The van der Waals surface area contributed by atoms with Crippen LogP contribution in [0.4, 0.5) is 0 Å². The molecule has 0 bridgehead atoms. The zero-order chi connectivity index (χ0) is 12.2. The third-order valence-electron chi connectivity index (χ3n) is 2.11. The van der Waals surface area contributed by atoms with Crippen molar-refractivity contribution in [1.82, 2.24) is 10.2 Å². The Labute approximate surface area is 97.3 Å². The fourth-order valence-electron chi connectivity index (χ4n) is 1.09. The average molecular weight is 227 g/mol. The lowest BCUT2D eigenvalue weighted by molar-refractivity contribution is -0.120. The first-order valence-corrected chi connectivity index (χ1v) is 5.43. The van der Waals surface area contributed by atoms with E-state index in [1.807, 2.05) is 6.92 Å². The Balaban J connectivity index is 0.000000325. The normalized spacial score (nSPS) is 15.1. The van der Waals surface area contributed by atoms with E-state index in [1.165, 1.54) is 0 Å². The summed E-state index contributed by atoms with van der Waals surface area (Å²) in [6.07, 6.45) is 0.580. The van der Waals surface area contributed by atoms with Crippen LogP contribution in [0.25, 0.3) is 0 Å². The molecule has 0 spiro atoms. The molecule has 1 aliphatic rings. The van der Waals surface area contributed by atoms with Crippen LogP contribution in [-0.4, -0.2) is 50.7 Å². The standard InChI is InChI=1S/C7H12N2O.C4H9NO/c8-2-1-3-9-4-6-10-7-5-9;1-3-4(6)5-2/h3-8H2;3H2,1-2H3,(H,5,6). The van der Waals surface area contributed by atoms with Gasteiger partial charge >= 0.3 is 0 Å². The van der Waals surface area contributed by atoms with Gasteiger partial charge in [0.15, 0.2) is 0 Å². The number of nitrogens with two attached hydrogens (primary N) is 1. The van der Waals surface area contributed by atoms with Gasteiger partial charge in [-0.3, -0.25) is 9.69 Å². The van der Waals surface area contributed by atoms with Gasteiger partial charge < -0.3 is 15.8 Å². The molecule has 16 heavy (non-hydrogen) atoms. The van der Waals surface area contributed by atoms with E-state index in [9.17, 15) is 4.79 Å². The lowest BCUT2D eigenvalue weighted by atomic mass is 10.4. The van der Waals surface area contributed by atoms with Gasteiger partial charge in [0.25, 0.3) is 0 Å². The minimum absolute atomic E-state index is 0.0926. The van der Waals surface area contributed by atoms with E-state index in [-0.39, 0.29) is 5.91 Å². The number of ether oxygens (including phenoxy) is 1. The molecule has 92 valence electrons. The summed E-state index contributed by atoms with van der Waals surface area (Å²) in [6.45, 7) is 6.21. The summed E-state index contributed by atoms with van der Waals surface area (Å²) in [5.41, 5.74) is 5.03. The summed E-state index contributed by atoms with van der Waals surface area (Å²) in [5.74, 6) is 2.91. The van der Waals surface area contributed by atoms with Crippen molar-refractivity contribution in [2.75, 3.05) is 39.9 Å². The lowest BCUT2D eigenvalue weighted by Gasteiger charge is -2.23. The largest absolute Gasteiger partial charge is 0.379 e. The quantitative estimate of drug-likeness (QED) is 0.487. The van der Waals surface area contributed by atoms with Crippen LogP contribution >= 0.6 is 0 Å². The highest BCUT2D eigenvalue weighted by Crippen LogP contribution is 1.93. The van der Waals surface area contributed by atoms with E-state index >= 15 is 0 Å². The summed E-state index contributed by atoms with van der Waals surface area (Å²) in [5, 5.41) is 2.48. The fourth-order valence-corrected chi connectivity index (χ4v) is 1.09. The second-order valence-electron chi connectivity index (χ2n) is 3.24. The van der Waals surface area contributed by atoms with E-state index in [1.54, 1.807) is 7.05 Å². The van der Waals surface area contributed by atoms with Crippen LogP contribution in [0, 0.1) is 12.0 Å². The Bertz CT molecular complexity index is 233. The monoisotopic (exact) mass is 227 g/mol. The zero-order valence-electron chi connectivity index (χ0n) is 10.1. The molecule has 0 aromatic rings.